The first-order valence-electron chi connectivity index (χ1n) is 5.60. The Morgan fingerprint density at radius 1 is 1.23 bits per heavy atom. The molecule has 4 atom stereocenters. The summed E-state index contributed by atoms with van der Waals surface area (Å²) < 4.78 is 0. The monoisotopic (exact) mass is 170 g/mol. The average molecular weight is 170 g/mol. The van der Waals surface area contributed by atoms with E-state index < -0.39 is 5.21 Å². The predicted octanol–water partition coefficient (Wildman–Crippen LogP) is 2.29. The van der Waals surface area contributed by atoms with Crippen molar-refractivity contribution in [1.82, 2.24) is 0 Å². The molecule has 1 spiro atoms. The van der Waals surface area contributed by atoms with Crippen LogP contribution in [0, 0.1) is 23.2 Å². The molecule has 3 aliphatic carbocycles. The minimum Gasteiger partial charge on any atom is -0.0989 e. The molecule has 0 aromatic rings. The fourth-order valence-electron chi connectivity index (χ4n) is 3.89. The summed E-state index contributed by atoms with van der Waals surface area (Å²) in [6.45, 7) is 1.99. The van der Waals surface area contributed by atoms with E-state index in [0.717, 1.165) is 17.3 Å². The third kappa shape index (κ3) is 1.01. The molecule has 3 saturated carbocycles. The highest BCUT2D eigenvalue weighted by Gasteiger charge is 2.66. The van der Waals surface area contributed by atoms with Gasteiger partial charge < -0.3 is 0 Å². The second-order valence-corrected chi connectivity index (χ2v) is 5.90. The van der Waals surface area contributed by atoms with Crippen molar-refractivity contribution in [3.05, 3.63) is 0 Å². The van der Waals surface area contributed by atoms with Gasteiger partial charge in [-0.3, -0.25) is 0 Å². The van der Waals surface area contributed by atoms with Gasteiger partial charge in [-0.05, 0) is 49.4 Å². The minimum atomic E-state index is -0.426. The lowest BCUT2D eigenvalue weighted by molar-refractivity contribution is 0.0538. The summed E-state index contributed by atoms with van der Waals surface area (Å²) in [4.78, 5) is 0. The van der Waals surface area contributed by atoms with Crippen LogP contribution in [0.15, 0.2) is 0 Å². The van der Waals surface area contributed by atoms with Crippen LogP contribution in [0.3, 0.4) is 0 Å². The molecule has 3 fully saturated rings. The van der Waals surface area contributed by atoms with Crippen molar-refractivity contribution in [3.63, 3.8) is 0 Å². The van der Waals surface area contributed by atoms with Gasteiger partial charge in [0.25, 0.3) is 0 Å². The summed E-state index contributed by atoms with van der Waals surface area (Å²) in [5, 5.41) is -0.426. The van der Waals surface area contributed by atoms with E-state index in [2.05, 4.69) is 0 Å². The molecule has 0 N–H and O–H groups in total. The van der Waals surface area contributed by atoms with Crippen LogP contribution in [0.1, 0.15) is 39.0 Å². The molecule has 2 heteroatoms. The normalized spacial score (nSPS) is 53.2. The quantitative estimate of drug-likeness (QED) is 0.529. The van der Waals surface area contributed by atoms with Gasteiger partial charge in [-0.2, -0.15) is 0 Å². The second-order valence-electron chi connectivity index (χ2n) is 5.90. The Bertz CT molecular complexity index is 243. The highest BCUT2D eigenvalue weighted by molar-refractivity contribution is 6.39. The molecule has 0 amide bonds. The van der Waals surface area contributed by atoms with E-state index >= 15 is 0 Å². The molecule has 0 bridgehead atoms. The predicted molar refractivity (Wildman–Crippen MR) is 55.9 cm³/mol. The molecular formula is C11H16B2. The van der Waals surface area contributed by atoms with E-state index in [-0.39, 0.29) is 0 Å². The van der Waals surface area contributed by atoms with Gasteiger partial charge >= 0.3 is 0 Å². The second kappa shape index (κ2) is 2.20. The molecule has 0 nitrogen and oxygen atoms in total. The van der Waals surface area contributed by atoms with E-state index in [0.29, 0.717) is 5.92 Å². The Morgan fingerprint density at radius 3 is 2.38 bits per heavy atom. The lowest BCUT2D eigenvalue weighted by atomic mass is 9.44. The highest BCUT2D eigenvalue weighted by atomic mass is 14.7. The van der Waals surface area contributed by atoms with Crippen molar-refractivity contribution in [2.75, 3.05) is 0 Å². The topological polar surface area (TPSA) is 0 Å². The molecule has 4 radical (unpaired) electrons. The molecule has 3 aliphatic rings. The molecule has 0 aromatic carbocycles. The largest absolute Gasteiger partial charge is 0.0989 e. The van der Waals surface area contributed by atoms with Crippen LogP contribution < -0.4 is 0 Å². The zero-order valence-corrected chi connectivity index (χ0v) is 8.42. The maximum absolute atomic E-state index is 6.00. The van der Waals surface area contributed by atoms with Crippen LogP contribution in [0.2, 0.25) is 5.21 Å². The lowest BCUT2D eigenvalue weighted by Gasteiger charge is -2.48. The Morgan fingerprint density at radius 2 is 1.92 bits per heavy atom. The Kier molecular flexibility index (Phi) is 1.43. The Balaban J connectivity index is 1.76. The fraction of sp³-hybridized carbons (Fsp3) is 1.00. The van der Waals surface area contributed by atoms with Gasteiger partial charge in [-0.25, -0.2) is 0 Å². The number of hydrogen-bond acceptors (Lipinski definition) is 0. The van der Waals surface area contributed by atoms with Crippen LogP contribution in [0.5, 0.6) is 0 Å². The minimum absolute atomic E-state index is 0.426. The van der Waals surface area contributed by atoms with Crippen molar-refractivity contribution in [2.45, 2.75) is 44.2 Å². The zero-order valence-electron chi connectivity index (χ0n) is 8.42. The summed E-state index contributed by atoms with van der Waals surface area (Å²) >= 11 is 0. The van der Waals surface area contributed by atoms with Crippen molar-refractivity contribution in [2.24, 2.45) is 23.2 Å². The van der Waals surface area contributed by atoms with Crippen molar-refractivity contribution in [1.29, 1.82) is 0 Å². The van der Waals surface area contributed by atoms with E-state index in [4.69, 9.17) is 15.7 Å². The van der Waals surface area contributed by atoms with Crippen molar-refractivity contribution in [3.8, 4) is 0 Å². The summed E-state index contributed by atoms with van der Waals surface area (Å²) in [6.07, 6.45) is 7.05. The van der Waals surface area contributed by atoms with Gasteiger partial charge in [0, 0.05) is 0 Å². The highest BCUT2D eigenvalue weighted by Crippen LogP contribution is 2.75. The van der Waals surface area contributed by atoms with Crippen LogP contribution in [0.25, 0.3) is 0 Å². The summed E-state index contributed by atoms with van der Waals surface area (Å²) in [7, 11) is 12.0. The van der Waals surface area contributed by atoms with Gasteiger partial charge in [-0.15, -0.1) is 0 Å². The Hall–Kier alpha value is 0.130. The Labute approximate surface area is 83.7 Å². The third-order valence-electron chi connectivity index (χ3n) is 5.07. The molecular weight excluding hydrogens is 154 g/mol. The van der Waals surface area contributed by atoms with Gasteiger partial charge in [-0.1, -0.05) is 18.1 Å². The molecule has 66 valence electrons. The molecule has 3 rings (SSSR count). The van der Waals surface area contributed by atoms with Crippen molar-refractivity contribution < 1.29 is 0 Å². The van der Waals surface area contributed by atoms with Gasteiger partial charge in [0.2, 0.25) is 0 Å². The van der Waals surface area contributed by atoms with E-state index in [1.54, 1.807) is 0 Å². The van der Waals surface area contributed by atoms with Crippen LogP contribution in [0.4, 0.5) is 0 Å². The van der Waals surface area contributed by atoms with Gasteiger partial charge in [0.05, 0.1) is 15.7 Å². The average Bonchev–Trinajstić information content (AvgIpc) is 2.68. The first-order valence-corrected chi connectivity index (χ1v) is 5.60. The summed E-state index contributed by atoms with van der Waals surface area (Å²) in [6, 6.07) is 0. The molecule has 0 aromatic heterocycles. The SMILES string of the molecule is [B]C([B])(C)C1CC2CCC23CC3C1. The maximum atomic E-state index is 6.00. The van der Waals surface area contributed by atoms with E-state index in [9.17, 15) is 0 Å². The molecule has 0 aliphatic heterocycles. The lowest BCUT2D eigenvalue weighted by Crippen LogP contribution is -2.38. The fourth-order valence-corrected chi connectivity index (χ4v) is 3.89. The van der Waals surface area contributed by atoms with Gasteiger partial charge in [0.1, 0.15) is 0 Å². The van der Waals surface area contributed by atoms with E-state index in [1.807, 2.05) is 6.92 Å². The third-order valence-corrected chi connectivity index (χ3v) is 5.07. The van der Waals surface area contributed by atoms with E-state index in [1.165, 1.54) is 32.1 Å². The van der Waals surface area contributed by atoms with Crippen molar-refractivity contribution >= 4 is 15.7 Å². The van der Waals surface area contributed by atoms with Crippen LogP contribution in [-0.2, 0) is 0 Å². The molecule has 0 heterocycles. The maximum Gasteiger partial charge on any atom is 0.0620 e. The zero-order chi connectivity index (χ0) is 9.27. The number of rotatable bonds is 1. The number of hydrogen-bond donors (Lipinski definition) is 0. The van der Waals surface area contributed by atoms with Gasteiger partial charge in [0.15, 0.2) is 0 Å². The first-order chi connectivity index (χ1) is 6.02. The smallest absolute Gasteiger partial charge is 0.0620 e. The first kappa shape index (κ1) is 8.44. The molecule has 0 saturated heterocycles. The molecule has 13 heavy (non-hydrogen) atoms. The molecule has 4 unspecified atom stereocenters. The summed E-state index contributed by atoms with van der Waals surface area (Å²) in [5.41, 5.74) is 0.821. The summed E-state index contributed by atoms with van der Waals surface area (Å²) in [5.74, 6) is 2.57. The standard InChI is InChI=1S/C11H16B2/c1-10(12,13)8-4-7-2-3-11(7)6-9(11)5-8/h7-9H,2-6H2,1H3. The van der Waals surface area contributed by atoms with Crippen LogP contribution >= 0.6 is 0 Å². The van der Waals surface area contributed by atoms with Crippen LogP contribution in [-0.4, -0.2) is 15.7 Å².